The van der Waals surface area contributed by atoms with Crippen LogP contribution in [0.5, 0.6) is 0 Å². The first-order valence-corrected chi connectivity index (χ1v) is 3.47. The molecule has 4 heteroatoms. The molecule has 0 aliphatic carbocycles. The summed E-state index contributed by atoms with van der Waals surface area (Å²) >= 11 is 0. The van der Waals surface area contributed by atoms with Gasteiger partial charge in [0.1, 0.15) is 6.29 Å². The van der Waals surface area contributed by atoms with Crippen LogP contribution < -0.4 is 11.5 Å². The van der Waals surface area contributed by atoms with Gasteiger partial charge in [-0.25, -0.2) is 0 Å². The van der Waals surface area contributed by atoms with Gasteiger partial charge in [0.25, 0.3) is 0 Å². The fraction of sp³-hybridized carbons (Fsp3) is 0.714. The first-order valence-electron chi connectivity index (χ1n) is 3.47. The Morgan fingerprint density at radius 3 is 2.45 bits per heavy atom. The van der Waals surface area contributed by atoms with E-state index in [2.05, 4.69) is 4.99 Å². The summed E-state index contributed by atoms with van der Waals surface area (Å²) in [7, 11) is 0. The van der Waals surface area contributed by atoms with E-state index in [1.54, 1.807) is 0 Å². The Hall–Kier alpha value is -1.06. The van der Waals surface area contributed by atoms with Gasteiger partial charge in [-0.15, -0.1) is 0 Å². The lowest BCUT2D eigenvalue weighted by molar-refractivity contribution is -0.109. The van der Waals surface area contributed by atoms with Crippen molar-refractivity contribution in [3.8, 4) is 0 Å². The summed E-state index contributed by atoms with van der Waals surface area (Å²) in [6, 6.07) is 0. The maximum absolute atomic E-state index is 10.2. The number of aldehydes is 1. The molecule has 0 aromatic carbocycles. The van der Waals surface area contributed by atoms with Gasteiger partial charge in [-0.2, -0.15) is 0 Å². The van der Waals surface area contributed by atoms with E-state index in [4.69, 9.17) is 11.5 Å². The molecule has 0 aromatic heterocycles. The smallest absolute Gasteiger partial charge is 0.185 e. The van der Waals surface area contributed by atoms with Crippen LogP contribution in [-0.4, -0.2) is 18.8 Å². The quantitative estimate of drug-likeness (QED) is 0.339. The minimum absolute atomic E-state index is 0.0731. The Kier molecular flexibility index (Phi) is 3.57. The predicted octanol–water partition coefficient (Wildman–Crippen LogP) is -0.125. The minimum atomic E-state index is -0.133. The minimum Gasteiger partial charge on any atom is -0.370 e. The Morgan fingerprint density at radius 1 is 1.55 bits per heavy atom. The van der Waals surface area contributed by atoms with Gasteiger partial charge >= 0.3 is 0 Å². The van der Waals surface area contributed by atoms with Crippen molar-refractivity contribution in [1.29, 1.82) is 0 Å². The van der Waals surface area contributed by atoms with Crippen LogP contribution in [0.1, 0.15) is 20.3 Å². The van der Waals surface area contributed by atoms with E-state index in [0.717, 1.165) is 6.29 Å². The van der Waals surface area contributed by atoms with E-state index >= 15 is 0 Å². The van der Waals surface area contributed by atoms with Gasteiger partial charge < -0.3 is 16.3 Å². The molecule has 4 N–H and O–H groups in total. The highest BCUT2D eigenvalue weighted by molar-refractivity contribution is 5.75. The normalized spacial score (nSPS) is 10.7. The Balaban J connectivity index is 3.91. The summed E-state index contributed by atoms with van der Waals surface area (Å²) in [5.74, 6) is 0.0731. The lowest BCUT2D eigenvalue weighted by Crippen LogP contribution is -2.26. The zero-order valence-corrected chi connectivity index (χ0v) is 7.00. The second-order valence-electron chi connectivity index (χ2n) is 3.28. The monoisotopic (exact) mass is 157 g/mol. The number of guanidine groups is 1. The van der Waals surface area contributed by atoms with Crippen molar-refractivity contribution in [3.05, 3.63) is 0 Å². The van der Waals surface area contributed by atoms with Crippen molar-refractivity contribution in [1.82, 2.24) is 0 Å². The molecule has 11 heavy (non-hydrogen) atoms. The summed E-state index contributed by atoms with van der Waals surface area (Å²) in [5.41, 5.74) is 10.1. The third-order valence-corrected chi connectivity index (χ3v) is 1.33. The third kappa shape index (κ3) is 5.39. The molecule has 0 atom stereocenters. The molecule has 0 amide bonds. The van der Waals surface area contributed by atoms with E-state index < -0.39 is 0 Å². The topological polar surface area (TPSA) is 81.5 Å². The van der Waals surface area contributed by atoms with Gasteiger partial charge in [0.15, 0.2) is 5.96 Å². The number of hydrogen-bond acceptors (Lipinski definition) is 2. The molecule has 0 spiro atoms. The number of carbonyl (C=O) groups is 1. The summed E-state index contributed by atoms with van der Waals surface area (Å²) < 4.78 is 0. The second-order valence-corrected chi connectivity index (χ2v) is 3.28. The number of aliphatic imine (C=N–C) groups is 1. The highest BCUT2D eigenvalue weighted by Crippen LogP contribution is 2.18. The van der Waals surface area contributed by atoms with Crippen LogP contribution in [0.2, 0.25) is 0 Å². The number of carbonyl (C=O) groups excluding carboxylic acids is 1. The molecule has 0 radical (unpaired) electrons. The number of nitrogens with two attached hydrogens (primary N) is 2. The predicted molar refractivity (Wildman–Crippen MR) is 45.1 cm³/mol. The first-order chi connectivity index (χ1) is 4.98. The number of rotatable bonds is 4. The molecular formula is C7H15N3O. The molecular weight excluding hydrogens is 142 g/mol. The van der Waals surface area contributed by atoms with Crippen molar-refractivity contribution < 1.29 is 4.79 Å². The van der Waals surface area contributed by atoms with Crippen LogP contribution >= 0.6 is 0 Å². The highest BCUT2D eigenvalue weighted by Gasteiger charge is 2.15. The number of nitrogens with zero attached hydrogens (tertiary/aromatic N) is 1. The van der Waals surface area contributed by atoms with E-state index in [0.29, 0.717) is 13.0 Å². The van der Waals surface area contributed by atoms with Crippen molar-refractivity contribution in [2.24, 2.45) is 21.9 Å². The molecule has 0 unspecified atom stereocenters. The van der Waals surface area contributed by atoms with Gasteiger partial charge in [0.2, 0.25) is 0 Å². The zero-order valence-electron chi connectivity index (χ0n) is 7.00. The van der Waals surface area contributed by atoms with Crippen molar-refractivity contribution in [2.75, 3.05) is 6.54 Å². The average molecular weight is 157 g/mol. The summed E-state index contributed by atoms with van der Waals surface area (Å²) in [4.78, 5) is 14.0. The van der Waals surface area contributed by atoms with Crippen LogP contribution in [0.4, 0.5) is 0 Å². The maximum atomic E-state index is 10.2. The van der Waals surface area contributed by atoms with E-state index in [9.17, 15) is 4.79 Å². The van der Waals surface area contributed by atoms with Gasteiger partial charge in [-0.05, 0) is 5.41 Å². The van der Waals surface area contributed by atoms with Crippen LogP contribution in [-0.2, 0) is 4.79 Å². The molecule has 0 aromatic rings. The molecule has 0 fully saturated rings. The molecule has 64 valence electrons. The fourth-order valence-corrected chi connectivity index (χ4v) is 0.595. The summed E-state index contributed by atoms with van der Waals surface area (Å²) in [6.45, 7) is 4.37. The Morgan fingerprint density at radius 2 is 2.09 bits per heavy atom. The lowest BCUT2D eigenvalue weighted by Gasteiger charge is -2.18. The Bertz CT molecular complexity index is 159. The lowest BCUT2D eigenvalue weighted by atomic mass is 9.90. The van der Waals surface area contributed by atoms with Crippen molar-refractivity contribution in [3.63, 3.8) is 0 Å². The third-order valence-electron chi connectivity index (χ3n) is 1.33. The molecule has 0 aliphatic heterocycles. The van der Waals surface area contributed by atoms with Crippen molar-refractivity contribution >= 4 is 12.2 Å². The fourth-order valence-electron chi connectivity index (χ4n) is 0.595. The maximum Gasteiger partial charge on any atom is 0.185 e. The zero-order chi connectivity index (χ0) is 8.91. The summed E-state index contributed by atoms with van der Waals surface area (Å²) in [6.07, 6.45) is 1.35. The molecule has 0 aliphatic rings. The Labute approximate surface area is 66.7 Å². The number of hydrogen-bond donors (Lipinski definition) is 2. The van der Waals surface area contributed by atoms with Gasteiger partial charge in [0.05, 0.1) is 0 Å². The average Bonchev–Trinajstić information content (AvgIpc) is 1.84. The van der Waals surface area contributed by atoms with Crippen LogP contribution in [0.3, 0.4) is 0 Å². The highest BCUT2D eigenvalue weighted by atomic mass is 16.1. The van der Waals surface area contributed by atoms with E-state index in [1.165, 1.54) is 0 Å². The first kappa shape index (κ1) is 9.94. The summed E-state index contributed by atoms with van der Waals surface area (Å²) in [5, 5.41) is 0. The van der Waals surface area contributed by atoms with Crippen LogP contribution in [0.15, 0.2) is 4.99 Å². The van der Waals surface area contributed by atoms with Crippen LogP contribution in [0, 0.1) is 5.41 Å². The molecule has 0 saturated heterocycles. The SMILES string of the molecule is CC(C)(CC=O)CN=C(N)N. The molecule has 4 nitrogen and oxygen atoms in total. The largest absolute Gasteiger partial charge is 0.370 e. The van der Waals surface area contributed by atoms with E-state index in [1.807, 2.05) is 13.8 Å². The molecule has 0 rings (SSSR count). The molecule has 0 saturated carbocycles. The van der Waals surface area contributed by atoms with Crippen molar-refractivity contribution in [2.45, 2.75) is 20.3 Å². The van der Waals surface area contributed by atoms with Gasteiger partial charge in [-0.3, -0.25) is 4.99 Å². The van der Waals surface area contributed by atoms with Gasteiger partial charge in [0, 0.05) is 13.0 Å². The standard InChI is InChI=1S/C7H15N3O/c1-7(2,3-4-11)5-10-6(8)9/h4H,3,5H2,1-2H3,(H4,8,9,10). The van der Waals surface area contributed by atoms with E-state index in [-0.39, 0.29) is 11.4 Å². The van der Waals surface area contributed by atoms with Gasteiger partial charge in [-0.1, -0.05) is 13.8 Å². The van der Waals surface area contributed by atoms with Crippen LogP contribution in [0.25, 0.3) is 0 Å². The molecule has 0 bridgehead atoms. The molecule has 0 heterocycles. The second kappa shape index (κ2) is 3.95.